The van der Waals surface area contributed by atoms with Crippen LogP contribution < -0.4 is 10.6 Å². The Balaban J connectivity index is 2.65. The highest BCUT2D eigenvalue weighted by Gasteiger charge is 2.13. The van der Waals surface area contributed by atoms with Crippen molar-refractivity contribution in [3.05, 3.63) is 29.8 Å². The van der Waals surface area contributed by atoms with Gasteiger partial charge in [-0.25, -0.2) is 0 Å². The Morgan fingerprint density at radius 3 is 2.55 bits per heavy atom. The van der Waals surface area contributed by atoms with Crippen LogP contribution in [-0.2, 0) is 4.79 Å². The van der Waals surface area contributed by atoms with E-state index in [0.29, 0.717) is 12.1 Å². The monoisotopic (exact) mass is 277 g/mol. The van der Waals surface area contributed by atoms with Gasteiger partial charge in [0.05, 0.1) is 12.1 Å². The number of likely N-dealkylation sites (N-methyl/N-ethyl adjacent to an activating group) is 1. The fourth-order valence-corrected chi connectivity index (χ4v) is 1.66. The fourth-order valence-electron chi connectivity index (χ4n) is 1.66. The zero-order valence-electron chi connectivity index (χ0n) is 12.4. The van der Waals surface area contributed by atoms with E-state index < -0.39 is 0 Å². The average Bonchev–Trinajstić information content (AvgIpc) is 2.49. The maximum absolute atomic E-state index is 12.1. The molecular weight excluding hydrogens is 254 g/mol. The number of benzene rings is 1. The highest BCUT2D eigenvalue weighted by atomic mass is 16.2. The molecule has 0 bridgehead atoms. The minimum atomic E-state index is -0.234. The second kappa shape index (κ2) is 8.19. The van der Waals surface area contributed by atoms with Crippen molar-refractivity contribution in [2.75, 3.05) is 32.0 Å². The molecule has 0 saturated heterocycles. The summed E-state index contributed by atoms with van der Waals surface area (Å²) in [6.45, 7) is 5.41. The molecular formula is C15H23N3O2. The highest BCUT2D eigenvalue weighted by Crippen LogP contribution is 2.14. The van der Waals surface area contributed by atoms with E-state index in [1.165, 1.54) is 0 Å². The van der Waals surface area contributed by atoms with Gasteiger partial charge >= 0.3 is 0 Å². The van der Waals surface area contributed by atoms with E-state index in [0.717, 1.165) is 18.7 Å². The van der Waals surface area contributed by atoms with E-state index in [9.17, 15) is 9.59 Å². The van der Waals surface area contributed by atoms with Gasteiger partial charge in [0.1, 0.15) is 0 Å². The van der Waals surface area contributed by atoms with Crippen molar-refractivity contribution in [1.29, 1.82) is 0 Å². The van der Waals surface area contributed by atoms with Crippen LogP contribution in [0.4, 0.5) is 5.69 Å². The van der Waals surface area contributed by atoms with E-state index in [2.05, 4.69) is 17.6 Å². The average molecular weight is 277 g/mol. The molecule has 1 aromatic rings. The topological polar surface area (TPSA) is 61.4 Å². The molecule has 0 atom stereocenters. The van der Waals surface area contributed by atoms with Crippen molar-refractivity contribution < 1.29 is 9.59 Å². The first-order valence-electron chi connectivity index (χ1n) is 6.95. The van der Waals surface area contributed by atoms with E-state index in [-0.39, 0.29) is 18.4 Å². The van der Waals surface area contributed by atoms with Gasteiger partial charge < -0.3 is 15.5 Å². The minimum Gasteiger partial charge on any atom is -0.384 e. The smallest absolute Gasteiger partial charge is 0.253 e. The molecule has 0 unspecified atom stereocenters. The van der Waals surface area contributed by atoms with Crippen molar-refractivity contribution in [1.82, 2.24) is 10.2 Å². The lowest BCUT2D eigenvalue weighted by Gasteiger charge is -2.15. The van der Waals surface area contributed by atoms with Crippen molar-refractivity contribution in [2.24, 2.45) is 0 Å². The van der Waals surface area contributed by atoms with Gasteiger partial charge in [-0.15, -0.1) is 0 Å². The van der Waals surface area contributed by atoms with Gasteiger partial charge in [-0.3, -0.25) is 9.59 Å². The molecule has 0 fully saturated rings. The Morgan fingerprint density at radius 1 is 1.20 bits per heavy atom. The van der Waals surface area contributed by atoms with Crippen LogP contribution >= 0.6 is 0 Å². The van der Waals surface area contributed by atoms with Crippen molar-refractivity contribution >= 4 is 17.5 Å². The minimum absolute atomic E-state index is 0.0191. The number of para-hydroxylation sites is 1. The SMILES string of the molecule is CCCNc1ccccc1C(=O)NCC(=O)N(C)CC. The largest absolute Gasteiger partial charge is 0.384 e. The molecule has 1 aromatic carbocycles. The maximum atomic E-state index is 12.1. The van der Waals surface area contributed by atoms with Gasteiger partial charge in [-0.2, -0.15) is 0 Å². The Hall–Kier alpha value is -2.04. The number of rotatable bonds is 7. The highest BCUT2D eigenvalue weighted by molar-refractivity contribution is 6.01. The molecule has 20 heavy (non-hydrogen) atoms. The second-order valence-electron chi connectivity index (χ2n) is 4.56. The summed E-state index contributed by atoms with van der Waals surface area (Å²) in [6.07, 6.45) is 0.982. The summed E-state index contributed by atoms with van der Waals surface area (Å²) in [5, 5.41) is 5.87. The Kier molecular flexibility index (Phi) is 6.56. The molecule has 2 amide bonds. The number of nitrogens with one attached hydrogen (secondary N) is 2. The molecule has 0 aliphatic heterocycles. The summed E-state index contributed by atoms with van der Waals surface area (Å²) >= 11 is 0. The zero-order chi connectivity index (χ0) is 15.0. The lowest BCUT2D eigenvalue weighted by molar-refractivity contribution is -0.128. The molecule has 5 heteroatoms. The van der Waals surface area contributed by atoms with Crippen molar-refractivity contribution in [3.8, 4) is 0 Å². The number of carbonyl (C=O) groups is 2. The Labute approximate surface area is 120 Å². The third-order valence-corrected chi connectivity index (χ3v) is 3.04. The number of anilines is 1. The molecule has 110 valence electrons. The molecule has 5 nitrogen and oxygen atoms in total. The quantitative estimate of drug-likeness (QED) is 0.797. The van der Waals surface area contributed by atoms with Crippen LogP contribution in [0, 0.1) is 0 Å². The predicted molar refractivity (Wildman–Crippen MR) is 80.9 cm³/mol. The van der Waals surface area contributed by atoms with E-state index in [1.54, 1.807) is 18.0 Å². The number of nitrogens with zero attached hydrogens (tertiary/aromatic N) is 1. The first-order chi connectivity index (χ1) is 9.60. The Bertz CT molecular complexity index is 460. The van der Waals surface area contributed by atoms with Gasteiger partial charge in [-0.1, -0.05) is 19.1 Å². The first kappa shape index (κ1) is 16.0. The molecule has 0 aliphatic rings. The van der Waals surface area contributed by atoms with Crippen LogP contribution in [-0.4, -0.2) is 43.4 Å². The van der Waals surface area contributed by atoms with Crippen LogP contribution in [0.1, 0.15) is 30.6 Å². The van der Waals surface area contributed by atoms with Gasteiger partial charge in [0, 0.05) is 25.8 Å². The van der Waals surface area contributed by atoms with E-state index in [1.807, 2.05) is 25.1 Å². The number of hydrogen-bond acceptors (Lipinski definition) is 3. The third kappa shape index (κ3) is 4.57. The molecule has 0 aliphatic carbocycles. The van der Waals surface area contributed by atoms with Crippen molar-refractivity contribution in [2.45, 2.75) is 20.3 Å². The van der Waals surface area contributed by atoms with Crippen LogP contribution in [0.15, 0.2) is 24.3 Å². The second-order valence-corrected chi connectivity index (χ2v) is 4.56. The molecule has 0 heterocycles. The summed E-state index contributed by atoms with van der Waals surface area (Å²) < 4.78 is 0. The normalized spacial score (nSPS) is 9.95. The number of carbonyl (C=O) groups excluding carboxylic acids is 2. The summed E-state index contributed by atoms with van der Waals surface area (Å²) in [5.41, 5.74) is 1.36. The van der Waals surface area contributed by atoms with Crippen LogP contribution in [0.3, 0.4) is 0 Å². The molecule has 0 spiro atoms. The molecule has 0 saturated carbocycles. The first-order valence-corrected chi connectivity index (χ1v) is 6.95. The molecule has 0 radical (unpaired) electrons. The standard InChI is InChI=1S/C15H23N3O2/c1-4-10-16-13-9-7-6-8-12(13)15(20)17-11-14(19)18(3)5-2/h6-9,16H,4-5,10-11H2,1-3H3,(H,17,20). The summed E-state index contributed by atoms with van der Waals surface area (Å²) in [4.78, 5) is 25.4. The number of amides is 2. The van der Waals surface area contributed by atoms with Gasteiger partial charge in [0.15, 0.2) is 0 Å². The van der Waals surface area contributed by atoms with Gasteiger partial charge in [-0.05, 0) is 25.5 Å². The summed E-state index contributed by atoms with van der Waals surface area (Å²) in [6, 6.07) is 7.31. The van der Waals surface area contributed by atoms with E-state index in [4.69, 9.17) is 0 Å². The predicted octanol–water partition coefficient (Wildman–Crippen LogP) is 1.72. The van der Waals surface area contributed by atoms with Crippen LogP contribution in [0.2, 0.25) is 0 Å². The van der Waals surface area contributed by atoms with E-state index >= 15 is 0 Å². The van der Waals surface area contributed by atoms with Gasteiger partial charge in [0.2, 0.25) is 5.91 Å². The van der Waals surface area contributed by atoms with Crippen LogP contribution in [0.5, 0.6) is 0 Å². The molecule has 2 N–H and O–H groups in total. The molecule has 1 rings (SSSR count). The molecule has 0 aromatic heterocycles. The Morgan fingerprint density at radius 2 is 1.90 bits per heavy atom. The van der Waals surface area contributed by atoms with Gasteiger partial charge in [0.25, 0.3) is 5.91 Å². The number of hydrogen-bond donors (Lipinski definition) is 2. The lowest BCUT2D eigenvalue weighted by atomic mass is 10.1. The maximum Gasteiger partial charge on any atom is 0.253 e. The van der Waals surface area contributed by atoms with Crippen LogP contribution in [0.25, 0.3) is 0 Å². The fraction of sp³-hybridized carbons (Fsp3) is 0.467. The summed E-state index contributed by atoms with van der Waals surface area (Å²) in [7, 11) is 1.71. The summed E-state index contributed by atoms with van der Waals surface area (Å²) in [5.74, 6) is -0.332. The third-order valence-electron chi connectivity index (χ3n) is 3.04. The van der Waals surface area contributed by atoms with Crippen molar-refractivity contribution in [3.63, 3.8) is 0 Å². The lowest BCUT2D eigenvalue weighted by Crippen LogP contribution is -2.38. The zero-order valence-corrected chi connectivity index (χ0v) is 12.4.